The molecule has 0 heterocycles. The first-order chi connectivity index (χ1) is 9.24. The maximum Gasteiger partial charge on any atom is 0.305 e. The third-order valence-electron chi connectivity index (χ3n) is 3.53. The van der Waals surface area contributed by atoms with E-state index in [0.717, 1.165) is 18.9 Å². The molecule has 0 unspecified atom stereocenters. The van der Waals surface area contributed by atoms with Crippen molar-refractivity contribution in [3.05, 3.63) is 39.4 Å². The van der Waals surface area contributed by atoms with Crippen LogP contribution >= 0.6 is 0 Å². The van der Waals surface area contributed by atoms with E-state index >= 15 is 0 Å². The van der Waals surface area contributed by atoms with E-state index in [9.17, 15) is 23.7 Å². The van der Waals surface area contributed by atoms with Gasteiger partial charge < -0.3 is 5.32 Å². The van der Waals surface area contributed by atoms with Gasteiger partial charge in [0.15, 0.2) is 0 Å². The summed E-state index contributed by atoms with van der Waals surface area (Å²) in [6, 6.07) is 1.42. The molecule has 0 aliphatic heterocycles. The Morgan fingerprint density at radius 3 is 2.50 bits per heavy atom. The molecule has 1 N–H and O–H groups in total. The largest absolute Gasteiger partial charge is 0.347 e. The molecule has 7 heteroatoms. The average Bonchev–Trinajstić information content (AvgIpc) is 3.11. The molecule has 108 valence electrons. The molecular weight excluding hydrogens is 270 g/mol. The molecule has 1 aromatic carbocycles. The predicted octanol–water partition coefficient (Wildman–Crippen LogP) is 2.79. The van der Waals surface area contributed by atoms with Gasteiger partial charge in [0.2, 0.25) is 5.82 Å². The number of halogens is 2. The number of nitro groups is 1. The molecule has 0 radical (unpaired) electrons. The van der Waals surface area contributed by atoms with Crippen LogP contribution < -0.4 is 5.32 Å². The Morgan fingerprint density at radius 1 is 1.40 bits per heavy atom. The highest BCUT2D eigenvalue weighted by Crippen LogP contribution is 2.39. The first kappa shape index (κ1) is 14.4. The molecule has 1 aliphatic carbocycles. The van der Waals surface area contributed by atoms with Crippen LogP contribution in [0.5, 0.6) is 0 Å². The maximum absolute atomic E-state index is 13.9. The molecule has 0 atom stereocenters. The Bertz CT molecular complexity index is 583. The van der Waals surface area contributed by atoms with E-state index in [1.807, 2.05) is 0 Å². The van der Waals surface area contributed by atoms with Gasteiger partial charge in [-0.15, -0.1) is 0 Å². The van der Waals surface area contributed by atoms with Crippen LogP contribution in [0.25, 0.3) is 0 Å². The van der Waals surface area contributed by atoms with Crippen molar-refractivity contribution in [3.63, 3.8) is 0 Å². The van der Waals surface area contributed by atoms with Crippen molar-refractivity contribution >= 4 is 11.6 Å². The minimum Gasteiger partial charge on any atom is -0.347 e. The van der Waals surface area contributed by atoms with E-state index < -0.39 is 39.3 Å². The minimum absolute atomic E-state index is 0.260. The topological polar surface area (TPSA) is 72.2 Å². The van der Waals surface area contributed by atoms with Gasteiger partial charge in [-0.2, -0.15) is 4.39 Å². The normalized spacial score (nSPS) is 15.0. The lowest BCUT2D eigenvalue weighted by molar-refractivity contribution is -0.387. The third-order valence-corrected chi connectivity index (χ3v) is 3.53. The predicted molar refractivity (Wildman–Crippen MR) is 67.3 cm³/mol. The van der Waals surface area contributed by atoms with E-state index in [1.54, 1.807) is 13.8 Å². The van der Waals surface area contributed by atoms with Crippen LogP contribution in [0.4, 0.5) is 14.5 Å². The Hall–Kier alpha value is -2.05. The van der Waals surface area contributed by atoms with Gasteiger partial charge in [-0.3, -0.25) is 14.9 Å². The van der Waals surface area contributed by atoms with Crippen LogP contribution in [-0.2, 0) is 0 Å². The number of hydrogen-bond acceptors (Lipinski definition) is 3. The molecule has 0 aromatic heterocycles. The van der Waals surface area contributed by atoms with Crippen LogP contribution in [0.1, 0.15) is 37.0 Å². The molecule has 1 fully saturated rings. The molecule has 5 nitrogen and oxygen atoms in total. The summed E-state index contributed by atoms with van der Waals surface area (Å²) in [6.45, 7) is 3.52. The molecule has 2 rings (SSSR count). The summed E-state index contributed by atoms with van der Waals surface area (Å²) in [5.41, 5.74) is -2.42. The minimum atomic E-state index is -1.45. The fourth-order valence-electron chi connectivity index (χ4n) is 2.15. The fourth-order valence-corrected chi connectivity index (χ4v) is 2.15. The van der Waals surface area contributed by atoms with Crippen LogP contribution in [0.2, 0.25) is 0 Å². The van der Waals surface area contributed by atoms with Gasteiger partial charge in [-0.1, -0.05) is 0 Å². The number of benzene rings is 1. The number of carbonyl (C=O) groups excluding carboxylic acids is 1. The molecule has 1 saturated carbocycles. The Balaban J connectivity index is 2.34. The monoisotopic (exact) mass is 284 g/mol. The van der Waals surface area contributed by atoms with Crippen LogP contribution in [0.3, 0.4) is 0 Å². The second-order valence-electron chi connectivity index (χ2n) is 5.46. The zero-order valence-electron chi connectivity index (χ0n) is 11.1. The van der Waals surface area contributed by atoms with E-state index in [2.05, 4.69) is 5.32 Å². The molecule has 1 aliphatic rings. The molecule has 1 amide bonds. The van der Waals surface area contributed by atoms with Crippen molar-refractivity contribution in [3.8, 4) is 0 Å². The van der Waals surface area contributed by atoms with Gasteiger partial charge in [0.25, 0.3) is 5.91 Å². The summed E-state index contributed by atoms with van der Waals surface area (Å²) in [4.78, 5) is 21.6. The number of hydrogen-bond donors (Lipinski definition) is 1. The van der Waals surface area contributed by atoms with E-state index in [4.69, 9.17) is 0 Å². The molecule has 0 bridgehead atoms. The number of rotatable bonds is 4. The lowest BCUT2D eigenvalue weighted by Crippen LogP contribution is -2.45. The number of carbonyl (C=O) groups is 1. The molecule has 0 spiro atoms. The number of nitrogens with one attached hydrogen (secondary N) is 1. The molecule has 0 saturated heterocycles. The highest BCUT2D eigenvalue weighted by Gasteiger charge is 2.40. The summed E-state index contributed by atoms with van der Waals surface area (Å²) in [5, 5.41) is 13.2. The zero-order valence-corrected chi connectivity index (χ0v) is 11.1. The van der Waals surface area contributed by atoms with E-state index in [0.29, 0.717) is 6.07 Å². The van der Waals surface area contributed by atoms with E-state index in [1.165, 1.54) is 0 Å². The van der Waals surface area contributed by atoms with Crippen molar-refractivity contribution in [2.24, 2.45) is 5.92 Å². The summed E-state index contributed by atoms with van der Waals surface area (Å²) >= 11 is 0. The van der Waals surface area contributed by atoms with Crippen molar-refractivity contribution in [1.29, 1.82) is 0 Å². The summed E-state index contributed by atoms with van der Waals surface area (Å²) in [7, 11) is 0. The highest BCUT2D eigenvalue weighted by atomic mass is 19.1. The van der Waals surface area contributed by atoms with Crippen LogP contribution in [-0.4, -0.2) is 16.4 Å². The second-order valence-corrected chi connectivity index (χ2v) is 5.46. The second kappa shape index (κ2) is 4.81. The maximum atomic E-state index is 13.9. The van der Waals surface area contributed by atoms with E-state index in [-0.39, 0.29) is 5.92 Å². The summed E-state index contributed by atoms with van der Waals surface area (Å²) in [5.74, 6) is -3.27. The van der Waals surface area contributed by atoms with Crippen molar-refractivity contribution in [1.82, 2.24) is 5.32 Å². The number of nitrogens with zero attached hydrogens (tertiary/aromatic N) is 1. The van der Waals surface area contributed by atoms with Gasteiger partial charge in [0.05, 0.1) is 4.92 Å². The standard InChI is InChI=1S/C13H14F2N2O3/c1-13(2,7-3-4-7)16-12(18)10-8(14)5-6-9(11(10)15)17(19)20/h5-7H,3-4H2,1-2H3,(H,16,18). The smallest absolute Gasteiger partial charge is 0.305 e. The first-order valence-electron chi connectivity index (χ1n) is 6.19. The van der Waals surface area contributed by atoms with Crippen LogP contribution in [0, 0.1) is 27.7 Å². The quantitative estimate of drug-likeness (QED) is 0.682. The molecule has 1 aromatic rings. The van der Waals surface area contributed by atoms with Crippen molar-refractivity contribution in [2.75, 3.05) is 0 Å². The van der Waals surface area contributed by atoms with Gasteiger partial charge >= 0.3 is 5.69 Å². The number of amides is 1. The SMILES string of the molecule is CC(C)(NC(=O)c1c(F)ccc([N+](=O)[O-])c1F)C1CC1. The Labute approximate surface area is 114 Å². The fraction of sp³-hybridized carbons (Fsp3) is 0.462. The van der Waals surface area contributed by atoms with Gasteiger partial charge in [-0.05, 0) is 38.7 Å². The molecule has 20 heavy (non-hydrogen) atoms. The van der Waals surface area contributed by atoms with Crippen LogP contribution in [0.15, 0.2) is 12.1 Å². The molecular formula is C13H14F2N2O3. The average molecular weight is 284 g/mol. The van der Waals surface area contributed by atoms with Gasteiger partial charge in [0, 0.05) is 11.6 Å². The van der Waals surface area contributed by atoms with Crippen molar-refractivity contribution in [2.45, 2.75) is 32.2 Å². The summed E-state index contributed by atoms with van der Waals surface area (Å²) < 4.78 is 27.5. The Morgan fingerprint density at radius 2 is 2.00 bits per heavy atom. The Kier molecular flexibility index (Phi) is 3.45. The van der Waals surface area contributed by atoms with Crippen molar-refractivity contribution < 1.29 is 18.5 Å². The van der Waals surface area contributed by atoms with Gasteiger partial charge in [0.1, 0.15) is 11.4 Å². The summed E-state index contributed by atoms with van der Waals surface area (Å²) in [6.07, 6.45) is 1.88. The third kappa shape index (κ3) is 2.61. The number of nitro benzene ring substituents is 1. The lowest BCUT2D eigenvalue weighted by atomic mass is 9.98. The lowest BCUT2D eigenvalue weighted by Gasteiger charge is -2.26. The first-order valence-corrected chi connectivity index (χ1v) is 6.19. The highest BCUT2D eigenvalue weighted by molar-refractivity contribution is 5.96. The van der Waals surface area contributed by atoms with Gasteiger partial charge in [-0.25, -0.2) is 4.39 Å². The zero-order chi connectivity index (χ0) is 15.1.